The van der Waals surface area contributed by atoms with Crippen molar-refractivity contribution in [3.63, 3.8) is 0 Å². The van der Waals surface area contributed by atoms with Crippen molar-refractivity contribution < 1.29 is 4.79 Å². The average molecular weight is 288 g/mol. The number of amides is 1. The first-order valence-corrected chi connectivity index (χ1v) is 7.39. The van der Waals surface area contributed by atoms with Gasteiger partial charge in [0.2, 0.25) is 5.91 Å². The monoisotopic (exact) mass is 288 g/mol. The Bertz CT molecular complexity index is 835. The number of hydrogen-bond donors (Lipinski definition) is 0. The van der Waals surface area contributed by atoms with Gasteiger partial charge < -0.3 is 4.57 Å². The molecule has 1 aliphatic rings. The Morgan fingerprint density at radius 3 is 2.27 bits per heavy atom. The van der Waals surface area contributed by atoms with E-state index in [1.54, 1.807) is 6.92 Å². The Labute approximate surface area is 129 Å². The summed E-state index contributed by atoms with van der Waals surface area (Å²) < 4.78 is 2.17. The third-order valence-electron chi connectivity index (χ3n) is 4.17. The summed E-state index contributed by atoms with van der Waals surface area (Å²) in [5, 5.41) is 0. The van der Waals surface area contributed by atoms with E-state index in [-0.39, 0.29) is 11.9 Å². The summed E-state index contributed by atoms with van der Waals surface area (Å²) in [5.41, 5.74) is 4.23. The zero-order chi connectivity index (χ0) is 15.1. The molecule has 0 saturated heterocycles. The summed E-state index contributed by atoms with van der Waals surface area (Å²) in [7, 11) is 0. The van der Waals surface area contributed by atoms with E-state index in [9.17, 15) is 4.79 Å². The van der Waals surface area contributed by atoms with Crippen LogP contribution in [0.15, 0.2) is 72.9 Å². The van der Waals surface area contributed by atoms with Gasteiger partial charge in [0.15, 0.2) is 0 Å². The van der Waals surface area contributed by atoms with Gasteiger partial charge in [-0.05, 0) is 29.8 Å². The summed E-state index contributed by atoms with van der Waals surface area (Å²) in [6.07, 6.45) is 2.06. The zero-order valence-corrected chi connectivity index (χ0v) is 12.3. The molecule has 1 atom stereocenters. The summed E-state index contributed by atoms with van der Waals surface area (Å²) in [4.78, 5) is 14.3. The number of fused-ring (bicyclic) bond motifs is 3. The van der Waals surface area contributed by atoms with E-state index in [0.29, 0.717) is 0 Å². The van der Waals surface area contributed by atoms with E-state index < -0.39 is 0 Å². The number of aromatic nitrogens is 1. The topological polar surface area (TPSA) is 25.2 Å². The second-order valence-electron chi connectivity index (χ2n) is 5.49. The third kappa shape index (κ3) is 1.79. The molecule has 3 aromatic rings. The summed E-state index contributed by atoms with van der Waals surface area (Å²) in [5.74, 6) is 0.0498. The average Bonchev–Trinajstić information content (AvgIpc) is 3.03. The molecule has 22 heavy (non-hydrogen) atoms. The van der Waals surface area contributed by atoms with Crippen molar-refractivity contribution in [1.29, 1.82) is 0 Å². The van der Waals surface area contributed by atoms with Crippen LogP contribution in [-0.2, 0) is 4.79 Å². The molecule has 0 saturated carbocycles. The Morgan fingerprint density at radius 2 is 1.55 bits per heavy atom. The van der Waals surface area contributed by atoms with Crippen molar-refractivity contribution in [3.05, 3.63) is 84.2 Å². The van der Waals surface area contributed by atoms with Gasteiger partial charge in [-0.1, -0.05) is 42.5 Å². The molecule has 0 radical (unpaired) electrons. The first-order chi connectivity index (χ1) is 10.8. The predicted octanol–water partition coefficient (Wildman–Crippen LogP) is 3.93. The number of para-hydroxylation sites is 2. The van der Waals surface area contributed by atoms with Gasteiger partial charge in [0, 0.05) is 13.1 Å². The molecule has 0 N–H and O–H groups in total. The molecule has 0 fully saturated rings. The van der Waals surface area contributed by atoms with Crippen molar-refractivity contribution in [2.75, 3.05) is 4.90 Å². The highest BCUT2D eigenvalue weighted by Crippen LogP contribution is 2.41. The lowest BCUT2D eigenvalue weighted by molar-refractivity contribution is -0.117. The highest BCUT2D eigenvalue weighted by molar-refractivity contribution is 5.96. The van der Waals surface area contributed by atoms with Crippen molar-refractivity contribution in [2.45, 2.75) is 13.0 Å². The maximum Gasteiger partial charge on any atom is 0.224 e. The van der Waals surface area contributed by atoms with Crippen molar-refractivity contribution >= 4 is 11.6 Å². The summed E-state index contributed by atoms with van der Waals surface area (Å²) >= 11 is 0. The molecule has 2 heterocycles. The van der Waals surface area contributed by atoms with Gasteiger partial charge in [-0.15, -0.1) is 0 Å². The first kappa shape index (κ1) is 12.9. The molecule has 0 spiro atoms. The van der Waals surface area contributed by atoms with E-state index in [0.717, 1.165) is 22.6 Å². The molecule has 0 bridgehead atoms. The third-order valence-corrected chi connectivity index (χ3v) is 4.17. The second kappa shape index (κ2) is 4.88. The van der Waals surface area contributed by atoms with Crippen LogP contribution >= 0.6 is 0 Å². The van der Waals surface area contributed by atoms with Crippen LogP contribution < -0.4 is 4.90 Å². The highest BCUT2D eigenvalue weighted by Gasteiger charge is 2.34. The predicted molar refractivity (Wildman–Crippen MR) is 87.2 cm³/mol. The molecule has 1 aliphatic heterocycles. The number of hydrogen-bond acceptors (Lipinski definition) is 1. The Kier molecular flexibility index (Phi) is 2.86. The Hall–Kier alpha value is -2.81. The smallest absolute Gasteiger partial charge is 0.224 e. The van der Waals surface area contributed by atoms with Gasteiger partial charge in [0.05, 0.1) is 17.1 Å². The Morgan fingerprint density at radius 1 is 0.864 bits per heavy atom. The minimum Gasteiger partial charge on any atom is -0.316 e. The van der Waals surface area contributed by atoms with Gasteiger partial charge in [-0.3, -0.25) is 9.69 Å². The first-order valence-electron chi connectivity index (χ1n) is 7.39. The van der Waals surface area contributed by atoms with Gasteiger partial charge >= 0.3 is 0 Å². The maximum absolute atomic E-state index is 12.4. The number of rotatable bonds is 1. The molecular weight excluding hydrogens is 272 g/mol. The largest absolute Gasteiger partial charge is 0.316 e. The van der Waals surface area contributed by atoms with Crippen LogP contribution in [0.2, 0.25) is 0 Å². The lowest BCUT2D eigenvalue weighted by Gasteiger charge is -2.38. The van der Waals surface area contributed by atoms with Crippen molar-refractivity contribution in [2.24, 2.45) is 0 Å². The standard InChI is InChI=1S/C19H16N2O/c1-14(22)21-17-11-6-5-10-16(17)20-13-7-12-18(20)19(21)15-8-3-2-4-9-15/h2-13,19H,1H3/t19-/m0/s1. The highest BCUT2D eigenvalue weighted by atomic mass is 16.2. The number of carbonyl (C=O) groups excluding carboxylic acids is 1. The molecule has 3 heteroatoms. The molecule has 3 nitrogen and oxygen atoms in total. The fraction of sp³-hybridized carbons (Fsp3) is 0.105. The fourth-order valence-corrected chi connectivity index (χ4v) is 3.29. The van der Waals surface area contributed by atoms with E-state index >= 15 is 0 Å². The van der Waals surface area contributed by atoms with Crippen molar-refractivity contribution in [3.8, 4) is 5.69 Å². The van der Waals surface area contributed by atoms with Crippen LogP contribution in [0, 0.1) is 0 Å². The van der Waals surface area contributed by atoms with E-state index in [1.807, 2.05) is 47.4 Å². The second-order valence-corrected chi connectivity index (χ2v) is 5.49. The Balaban J connectivity index is 2.01. The van der Waals surface area contributed by atoms with E-state index in [4.69, 9.17) is 0 Å². The van der Waals surface area contributed by atoms with Crippen LogP contribution in [-0.4, -0.2) is 10.5 Å². The number of carbonyl (C=O) groups is 1. The number of benzene rings is 2. The summed E-state index contributed by atoms with van der Waals surface area (Å²) in [6.45, 7) is 1.63. The number of nitrogens with zero attached hydrogens (tertiary/aromatic N) is 2. The molecule has 1 aromatic heterocycles. The van der Waals surface area contributed by atoms with Crippen LogP contribution in [0.1, 0.15) is 24.2 Å². The molecular formula is C19H16N2O. The normalized spacial score (nSPS) is 16.0. The lowest BCUT2D eigenvalue weighted by Crippen LogP contribution is -2.38. The molecule has 0 aliphatic carbocycles. The van der Waals surface area contributed by atoms with Gasteiger partial charge in [0.25, 0.3) is 0 Å². The quantitative estimate of drug-likeness (QED) is 0.666. The van der Waals surface area contributed by atoms with E-state index in [1.165, 1.54) is 0 Å². The minimum atomic E-state index is -0.0939. The minimum absolute atomic E-state index is 0.0498. The van der Waals surface area contributed by atoms with Crippen molar-refractivity contribution in [1.82, 2.24) is 4.57 Å². The van der Waals surface area contributed by atoms with Gasteiger partial charge in [0.1, 0.15) is 6.04 Å². The molecule has 1 amide bonds. The van der Waals surface area contributed by atoms with Crippen LogP contribution in [0.5, 0.6) is 0 Å². The van der Waals surface area contributed by atoms with Crippen LogP contribution in [0.4, 0.5) is 5.69 Å². The number of anilines is 1. The lowest BCUT2D eigenvalue weighted by atomic mass is 9.98. The maximum atomic E-state index is 12.4. The van der Waals surface area contributed by atoms with E-state index in [2.05, 4.69) is 35.0 Å². The van der Waals surface area contributed by atoms with Crippen LogP contribution in [0.3, 0.4) is 0 Å². The zero-order valence-electron chi connectivity index (χ0n) is 12.3. The molecule has 4 rings (SSSR count). The fourth-order valence-electron chi connectivity index (χ4n) is 3.29. The SMILES string of the molecule is CC(=O)N1c2ccccc2-n2cccc2[C@@H]1c1ccccc1. The van der Waals surface area contributed by atoms with Gasteiger partial charge in [-0.25, -0.2) is 0 Å². The molecule has 0 unspecified atom stereocenters. The molecule has 108 valence electrons. The van der Waals surface area contributed by atoms with Gasteiger partial charge in [-0.2, -0.15) is 0 Å². The molecule has 2 aromatic carbocycles. The summed E-state index contributed by atoms with van der Waals surface area (Å²) in [6, 6.07) is 22.2. The van der Waals surface area contributed by atoms with Crippen LogP contribution in [0.25, 0.3) is 5.69 Å².